The fourth-order valence-electron chi connectivity index (χ4n) is 5.22. The smallest absolute Gasteiger partial charge is 0.290 e. The average Bonchev–Trinajstić information content (AvgIpc) is 3.55. The van der Waals surface area contributed by atoms with Gasteiger partial charge in [-0.3, -0.25) is 14.4 Å². The molecule has 3 atom stereocenters. The van der Waals surface area contributed by atoms with Crippen molar-refractivity contribution in [3.8, 4) is 0 Å². The van der Waals surface area contributed by atoms with Gasteiger partial charge in [0.1, 0.15) is 0 Å². The summed E-state index contributed by atoms with van der Waals surface area (Å²) in [6.07, 6.45) is 2.45. The van der Waals surface area contributed by atoms with Crippen molar-refractivity contribution in [1.82, 2.24) is 0 Å². The number of imide groups is 1. The highest BCUT2D eigenvalue weighted by Gasteiger charge is 2.39. The Morgan fingerprint density at radius 2 is 1.95 bits per heavy atom. The molecule has 0 spiro atoms. The van der Waals surface area contributed by atoms with Crippen LogP contribution in [0.15, 0.2) is 65.1 Å². The minimum atomic E-state index is -0.640. The first-order valence-electron chi connectivity index (χ1n) is 13.1. The molecule has 0 unspecified atom stereocenters. The van der Waals surface area contributed by atoms with Crippen LogP contribution >= 0.6 is 22.9 Å². The van der Waals surface area contributed by atoms with Crippen LogP contribution in [0.3, 0.4) is 0 Å². The molecule has 3 heterocycles. The van der Waals surface area contributed by atoms with E-state index in [4.69, 9.17) is 21.1 Å². The van der Waals surface area contributed by atoms with Crippen LogP contribution in [-0.2, 0) is 14.3 Å². The van der Waals surface area contributed by atoms with Crippen molar-refractivity contribution in [2.75, 3.05) is 23.4 Å². The Labute approximate surface area is 241 Å². The quantitative estimate of drug-likeness (QED) is 0.305. The molecule has 0 saturated heterocycles. The van der Waals surface area contributed by atoms with Crippen LogP contribution in [0.2, 0.25) is 5.02 Å². The minimum absolute atomic E-state index is 0.0608. The molecular formula is C30H29ClN2O6S. The molecule has 5 rings (SSSR count). The van der Waals surface area contributed by atoms with Crippen molar-refractivity contribution in [1.29, 1.82) is 0 Å². The van der Waals surface area contributed by atoms with Crippen LogP contribution in [0, 0.1) is 12.8 Å². The van der Waals surface area contributed by atoms with Gasteiger partial charge in [-0.25, -0.2) is 4.90 Å². The number of thiophene rings is 1. The van der Waals surface area contributed by atoms with Gasteiger partial charge in [0, 0.05) is 35.8 Å². The lowest BCUT2D eigenvalue weighted by molar-refractivity contribution is -0.164. The second-order valence-corrected chi connectivity index (χ2v) is 10.9. The van der Waals surface area contributed by atoms with Gasteiger partial charge >= 0.3 is 0 Å². The van der Waals surface area contributed by atoms with E-state index in [0.29, 0.717) is 47.0 Å². The average molecular weight is 581 g/mol. The largest absolute Gasteiger partial charge is 0.459 e. The first-order valence-corrected chi connectivity index (χ1v) is 14.4. The molecule has 0 saturated carbocycles. The summed E-state index contributed by atoms with van der Waals surface area (Å²) >= 11 is 7.61. The number of nitrogens with zero attached hydrogens (tertiary/aromatic N) is 1. The Morgan fingerprint density at radius 3 is 2.65 bits per heavy atom. The fraction of sp³-hybridized carbons (Fsp3) is 0.300. The molecule has 2 aliphatic rings. The number of amides is 3. The van der Waals surface area contributed by atoms with E-state index in [2.05, 4.69) is 5.32 Å². The summed E-state index contributed by atoms with van der Waals surface area (Å²) < 4.78 is 11.9. The van der Waals surface area contributed by atoms with Gasteiger partial charge in [-0.15, -0.1) is 0 Å². The minimum Gasteiger partial charge on any atom is -0.459 e. The summed E-state index contributed by atoms with van der Waals surface area (Å²) in [4.78, 5) is 40.5. The van der Waals surface area contributed by atoms with E-state index in [1.54, 1.807) is 48.6 Å². The number of anilines is 2. The molecule has 1 aromatic heterocycles. The summed E-state index contributed by atoms with van der Waals surface area (Å²) in [5.74, 6) is -1.33. The number of carbonyl (C=O) groups is 3. The molecule has 0 radical (unpaired) electrons. The normalized spacial score (nSPS) is 20.2. The predicted octanol–water partition coefficient (Wildman–Crippen LogP) is 5.90. The van der Waals surface area contributed by atoms with Gasteiger partial charge in [0.15, 0.2) is 5.76 Å². The number of halogens is 1. The van der Waals surface area contributed by atoms with E-state index in [1.807, 2.05) is 29.8 Å². The van der Waals surface area contributed by atoms with E-state index in [-0.39, 0.29) is 29.8 Å². The topological polar surface area (TPSA) is 105 Å². The van der Waals surface area contributed by atoms with Crippen molar-refractivity contribution in [3.63, 3.8) is 0 Å². The molecule has 0 bridgehead atoms. The van der Waals surface area contributed by atoms with Gasteiger partial charge in [0.25, 0.3) is 17.7 Å². The van der Waals surface area contributed by atoms with Crippen molar-refractivity contribution in [2.45, 2.75) is 38.9 Å². The molecule has 10 heteroatoms. The standard InChI is InChI=1S/C30H29ClN2O6S/c1-3-38-30-22(5-4-11-34)23(18-10-12-40-16-18)15-26(39-30)27(35)32-20-7-9-25(17(2)13-20)33-28(36)21-8-6-19(31)14-24(21)29(33)37/h6-10,12-16,22-23,30,34H,3-5,11H2,1-2H3,(H,32,35)/t22-,23+,30+/m1/s1. The van der Waals surface area contributed by atoms with Crippen LogP contribution in [0.4, 0.5) is 11.4 Å². The summed E-state index contributed by atoms with van der Waals surface area (Å²) in [5.41, 5.74) is 3.16. The van der Waals surface area contributed by atoms with Crippen LogP contribution in [0.5, 0.6) is 0 Å². The predicted molar refractivity (Wildman–Crippen MR) is 154 cm³/mol. The zero-order chi connectivity index (χ0) is 28.4. The number of hydrogen-bond acceptors (Lipinski definition) is 7. The monoisotopic (exact) mass is 580 g/mol. The lowest BCUT2D eigenvalue weighted by Gasteiger charge is -2.36. The van der Waals surface area contributed by atoms with E-state index < -0.39 is 24.0 Å². The Hall–Kier alpha value is -3.50. The number of rotatable bonds is 9. The Kier molecular flexibility index (Phi) is 8.37. The lowest BCUT2D eigenvalue weighted by atomic mass is 9.81. The molecule has 3 amide bonds. The van der Waals surface area contributed by atoms with E-state index in [1.165, 1.54) is 6.07 Å². The Balaban J connectivity index is 1.38. The molecule has 2 aromatic carbocycles. The maximum Gasteiger partial charge on any atom is 0.290 e. The molecule has 8 nitrogen and oxygen atoms in total. The third kappa shape index (κ3) is 5.42. The second kappa shape index (κ2) is 11.9. The highest BCUT2D eigenvalue weighted by Crippen LogP contribution is 2.40. The number of carbonyl (C=O) groups excluding carboxylic acids is 3. The lowest BCUT2D eigenvalue weighted by Crippen LogP contribution is -2.37. The molecule has 2 N–H and O–H groups in total. The van der Waals surface area contributed by atoms with E-state index >= 15 is 0 Å². The third-order valence-electron chi connectivity index (χ3n) is 7.11. The number of fused-ring (bicyclic) bond motifs is 1. The van der Waals surface area contributed by atoms with Crippen LogP contribution in [0.1, 0.15) is 57.5 Å². The third-order valence-corrected chi connectivity index (χ3v) is 8.04. The number of allylic oxidation sites excluding steroid dienone is 1. The van der Waals surface area contributed by atoms with E-state index in [0.717, 1.165) is 10.5 Å². The van der Waals surface area contributed by atoms with Crippen molar-refractivity contribution >= 4 is 52.0 Å². The van der Waals surface area contributed by atoms with Crippen LogP contribution in [0.25, 0.3) is 0 Å². The summed E-state index contributed by atoms with van der Waals surface area (Å²) in [5, 5.41) is 16.7. The fourth-order valence-corrected chi connectivity index (χ4v) is 6.10. The van der Waals surface area contributed by atoms with Crippen molar-refractivity contribution in [3.05, 3.63) is 92.3 Å². The summed E-state index contributed by atoms with van der Waals surface area (Å²) in [6, 6.07) is 11.6. The molecule has 40 heavy (non-hydrogen) atoms. The maximum atomic E-state index is 13.4. The molecular weight excluding hydrogens is 552 g/mol. The van der Waals surface area contributed by atoms with Gasteiger partial charge in [-0.2, -0.15) is 11.3 Å². The zero-order valence-corrected chi connectivity index (χ0v) is 23.6. The van der Waals surface area contributed by atoms with Gasteiger partial charge in [-0.1, -0.05) is 11.6 Å². The number of aliphatic hydroxyl groups is 1. The van der Waals surface area contributed by atoms with Gasteiger partial charge in [0.05, 0.1) is 16.8 Å². The second-order valence-electron chi connectivity index (χ2n) is 9.68. The van der Waals surface area contributed by atoms with Crippen LogP contribution < -0.4 is 10.2 Å². The van der Waals surface area contributed by atoms with E-state index in [9.17, 15) is 19.5 Å². The number of aliphatic hydroxyl groups excluding tert-OH is 1. The molecule has 0 aliphatic carbocycles. The Morgan fingerprint density at radius 1 is 1.15 bits per heavy atom. The summed E-state index contributed by atoms with van der Waals surface area (Å²) in [6.45, 7) is 4.11. The molecule has 0 fully saturated rings. The number of hydrogen-bond donors (Lipinski definition) is 2. The Bertz CT molecular complexity index is 1470. The SMILES string of the molecule is CCO[C@H]1OC(C(=O)Nc2ccc(N3C(=O)c4ccc(Cl)cc4C3=O)c(C)c2)=C[C@@H](c2ccsc2)[C@H]1CCCO. The van der Waals surface area contributed by atoms with Gasteiger partial charge in [0.2, 0.25) is 6.29 Å². The number of benzene rings is 2. The van der Waals surface area contributed by atoms with Crippen molar-refractivity contribution in [2.24, 2.45) is 5.92 Å². The maximum absolute atomic E-state index is 13.4. The molecule has 208 valence electrons. The number of aryl methyl sites for hydroxylation is 1. The highest BCUT2D eigenvalue weighted by atomic mass is 35.5. The molecule has 2 aliphatic heterocycles. The first-order chi connectivity index (χ1) is 19.3. The summed E-state index contributed by atoms with van der Waals surface area (Å²) in [7, 11) is 0. The van der Waals surface area contributed by atoms with Gasteiger partial charge < -0.3 is 19.9 Å². The zero-order valence-electron chi connectivity index (χ0n) is 22.1. The number of ether oxygens (including phenoxy) is 2. The van der Waals surface area contributed by atoms with Crippen molar-refractivity contribution < 1.29 is 29.0 Å². The number of nitrogens with one attached hydrogen (secondary N) is 1. The first kappa shape index (κ1) is 28.0. The van der Waals surface area contributed by atoms with Gasteiger partial charge in [-0.05, 0) is 97.1 Å². The molecule has 3 aromatic rings. The highest BCUT2D eigenvalue weighted by molar-refractivity contribution is 7.08. The van der Waals surface area contributed by atoms with Crippen LogP contribution in [-0.4, -0.2) is 42.3 Å².